The van der Waals surface area contributed by atoms with E-state index in [1.807, 2.05) is 19.3 Å². The summed E-state index contributed by atoms with van der Waals surface area (Å²) in [6.07, 6.45) is 1.82. The molecule has 0 saturated carbocycles. The van der Waals surface area contributed by atoms with Gasteiger partial charge in [0.25, 0.3) is 0 Å². The summed E-state index contributed by atoms with van der Waals surface area (Å²) in [5.74, 6) is 0. The van der Waals surface area contributed by atoms with Crippen molar-refractivity contribution in [1.82, 2.24) is 9.88 Å². The molecule has 0 saturated heterocycles. The lowest BCUT2D eigenvalue weighted by Gasteiger charge is -2.15. The molecular weight excluding hydrogens is 190 g/mol. The second kappa shape index (κ2) is 6.37. The zero-order valence-electron chi connectivity index (χ0n) is 9.66. The van der Waals surface area contributed by atoms with Crippen LogP contribution in [0, 0.1) is 0 Å². The van der Waals surface area contributed by atoms with Crippen LogP contribution in [-0.4, -0.2) is 44.2 Å². The van der Waals surface area contributed by atoms with Gasteiger partial charge in [-0.3, -0.25) is 9.88 Å². The minimum absolute atomic E-state index is 0.752. The highest BCUT2D eigenvalue weighted by Gasteiger charge is 2.01. The molecular formula is C11H19N3O. The Balaban J connectivity index is 2.48. The zero-order chi connectivity index (χ0) is 11.1. The lowest BCUT2D eigenvalue weighted by molar-refractivity contribution is 0.158. The fourth-order valence-corrected chi connectivity index (χ4v) is 1.32. The highest BCUT2D eigenvalue weighted by atomic mass is 16.5. The summed E-state index contributed by atoms with van der Waals surface area (Å²) < 4.78 is 5.02. The minimum atomic E-state index is 0.752. The molecule has 0 atom stereocenters. The van der Waals surface area contributed by atoms with Crippen LogP contribution in [0.25, 0.3) is 0 Å². The Morgan fingerprint density at radius 3 is 3.00 bits per heavy atom. The second-order valence-corrected chi connectivity index (χ2v) is 3.52. The number of ether oxygens (including phenoxy) is 1. The Morgan fingerprint density at radius 1 is 1.53 bits per heavy atom. The summed E-state index contributed by atoms with van der Waals surface area (Å²) in [4.78, 5) is 6.50. The number of hydrogen-bond acceptors (Lipinski definition) is 4. The summed E-state index contributed by atoms with van der Waals surface area (Å²) in [6, 6.07) is 4.02. The molecule has 0 radical (unpaired) electrons. The first-order chi connectivity index (χ1) is 7.26. The Labute approximate surface area is 91.3 Å². The van der Waals surface area contributed by atoms with Gasteiger partial charge in [0.15, 0.2) is 0 Å². The van der Waals surface area contributed by atoms with E-state index in [4.69, 9.17) is 4.74 Å². The predicted molar refractivity (Wildman–Crippen MR) is 62.0 cm³/mol. The van der Waals surface area contributed by atoms with Gasteiger partial charge in [-0.2, -0.15) is 0 Å². The maximum atomic E-state index is 5.02. The fraction of sp³-hybridized carbons (Fsp3) is 0.545. The highest BCUT2D eigenvalue weighted by Crippen LogP contribution is 2.08. The van der Waals surface area contributed by atoms with E-state index in [9.17, 15) is 0 Å². The van der Waals surface area contributed by atoms with E-state index in [1.54, 1.807) is 7.11 Å². The highest BCUT2D eigenvalue weighted by molar-refractivity contribution is 5.42. The zero-order valence-corrected chi connectivity index (χ0v) is 9.66. The van der Waals surface area contributed by atoms with Gasteiger partial charge in [-0.1, -0.05) is 0 Å². The van der Waals surface area contributed by atoms with E-state index in [-0.39, 0.29) is 0 Å². The average molecular weight is 209 g/mol. The lowest BCUT2D eigenvalue weighted by Crippen LogP contribution is -2.22. The molecule has 4 heteroatoms. The molecule has 1 aromatic heterocycles. The lowest BCUT2D eigenvalue weighted by atomic mass is 10.3. The molecule has 0 aliphatic heterocycles. The summed E-state index contributed by atoms with van der Waals surface area (Å²) in [5.41, 5.74) is 2.17. The van der Waals surface area contributed by atoms with E-state index in [0.29, 0.717) is 0 Å². The topological polar surface area (TPSA) is 37.4 Å². The number of rotatable bonds is 6. The standard InChI is InChI=1S/C11H19N3O/c1-12-10-4-5-13-11(8-10)9-14(2)6-7-15-3/h4-5,8H,6-7,9H2,1-3H3,(H,12,13). The van der Waals surface area contributed by atoms with Crippen molar-refractivity contribution >= 4 is 5.69 Å². The minimum Gasteiger partial charge on any atom is -0.388 e. The van der Waals surface area contributed by atoms with Crippen molar-refractivity contribution in [3.05, 3.63) is 24.0 Å². The Morgan fingerprint density at radius 2 is 2.33 bits per heavy atom. The van der Waals surface area contributed by atoms with Crippen LogP contribution in [-0.2, 0) is 11.3 Å². The molecule has 0 aliphatic rings. The number of nitrogens with one attached hydrogen (secondary N) is 1. The number of aromatic nitrogens is 1. The van der Waals surface area contributed by atoms with Crippen LogP contribution in [0.3, 0.4) is 0 Å². The third-order valence-corrected chi connectivity index (χ3v) is 2.21. The number of methoxy groups -OCH3 is 1. The van der Waals surface area contributed by atoms with Crippen LogP contribution in [0.2, 0.25) is 0 Å². The van der Waals surface area contributed by atoms with E-state index < -0.39 is 0 Å². The first-order valence-electron chi connectivity index (χ1n) is 5.06. The molecule has 15 heavy (non-hydrogen) atoms. The van der Waals surface area contributed by atoms with Crippen LogP contribution >= 0.6 is 0 Å². The smallest absolute Gasteiger partial charge is 0.0589 e. The molecule has 4 nitrogen and oxygen atoms in total. The van der Waals surface area contributed by atoms with Gasteiger partial charge in [0.05, 0.1) is 12.3 Å². The molecule has 0 aromatic carbocycles. The first kappa shape index (κ1) is 11.9. The molecule has 0 fully saturated rings. The normalized spacial score (nSPS) is 10.7. The van der Waals surface area contributed by atoms with Crippen LogP contribution in [0.15, 0.2) is 18.3 Å². The van der Waals surface area contributed by atoms with E-state index in [2.05, 4.69) is 28.3 Å². The van der Waals surface area contributed by atoms with Crippen LogP contribution in [0.4, 0.5) is 5.69 Å². The molecule has 84 valence electrons. The van der Waals surface area contributed by atoms with Gasteiger partial charge >= 0.3 is 0 Å². The SMILES string of the molecule is CNc1ccnc(CN(C)CCOC)c1. The monoisotopic (exact) mass is 209 g/mol. The van der Waals surface area contributed by atoms with Crippen LogP contribution in [0.5, 0.6) is 0 Å². The number of pyridine rings is 1. The van der Waals surface area contributed by atoms with Crippen molar-refractivity contribution in [2.45, 2.75) is 6.54 Å². The molecule has 1 N–H and O–H groups in total. The number of nitrogens with zero attached hydrogens (tertiary/aromatic N) is 2. The Bertz CT molecular complexity index is 291. The van der Waals surface area contributed by atoms with Crippen molar-refractivity contribution in [3.63, 3.8) is 0 Å². The van der Waals surface area contributed by atoms with E-state index >= 15 is 0 Å². The predicted octanol–water partition coefficient (Wildman–Crippen LogP) is 1.20. The first-order valence-corrected chi connectivity index (χ1v) is 5.06. The van der Waals surface area contributed by atoms with Gasteiger partial charge in [-0.05, 0) is 19.2 Å². The van der Waals surface area contributed by atoms with Gasteiger partial charge in [0.2, 0.25) is 0 Å². The third-order valence-electron chi connectivity index (χ3n) is 2.21. The number of anilines is 1. The van der Waals surface area contributed by atoms with Gasteiger partial charge < -0.3 is 10.1 Å². The van der Waals surface area contributed by atoms with E-state index in [1.165, 1.54) is 0 Å². The van der Waals surface area contributed by atoms with Crippen molar-refractivity contribution in [2.24, 2.45) is 0 Å². The van der Waals surface area contributed by atoms with Gasteiger partial charge in [-0.15, -0.1) is 0 Å². The summed E-state index contributed by atoms with van der Waals surface area (Å²) in [6.45, 7) is 2.52. The summed E-state index contributed by atoms with van der Waals surface area (Å²) in [5, 5.41) is 3.10. The second-order valence-electron chi connectivity index (χ2n) is 3.52. The van der Waals surface area contributed by atoms with Crippen molar-refractivity contribution in [1.29, 1.82) is 0 Å². The molecule has 0 amide bonds. The third kappa shape index (κ3) is 4.27. The van der Waals surface area contributed by atoms with Crippen LogP contribution < -0.4 is 5.32 Å². The largest absolute Gasteiger partial charge is 0.388 e. The van der Waals surface area contributed by atoms with Gasteiger partial charge in [0.1, 0.15) is 0 Å². The molecule has 0 bridgehead atoms. The van der Waals surface area contributed by atoms with Crippen molar-refractivity contribution in [3.8, 4) is 0 Å². The Kier molecular flexibility index (Phi) is 5.07. The van der Waals surface area contributed by atoms with Crippen molar-refractivity contribution < 1.29 is 4.74 Å². The van der Waals surface area contributed by atoms with E-state index in [0.717, 1.165) is 31.1 Å². The summed E-state index contributed by atoms with van der Waals surface area (Å²) >= 11 is 0. The van der Waals surface area contributed by atoms with Gasteiger partial charge in [-0.25, -0.2) is 0 Å². The van der Waals surface area contributed by atoms with Crippen LogP contribution in [0.1, 0.15) is 5.69 Å². The maximum Gasteiger partial charge on any atom is 0.0589 e. The molecule has 1 rings (SSSR count). The fourth-order valence-electron chi connectivity index (χ4n) is 1.32. The average Bonchev–Trinajstić information content (AvgIpc) is 2.26. The maximum absolute atomic E-state index is 5.02. The Hall–Kier alpha value is -1.13. The summed E-state index contributed by atoms with van der Waals surface area (Å²) in [7, 11) is 5.69. The number of hydrogen-bond donors (Lipinski definition) is 1. The quantitative estimate of drug-likeness (QED) is 0.764. The van der Waals surface area contributed by atoms with Gasteiger partial charge in [0, 0.05) is 39.1 Å². The molecule has 1 heterocycles. The molecule has 1 aromatic rings. The molecule has 0 aliphatic carbocycles. The van der Waals surface area contributed by atoms with Crippen molar-refractivity contribution in [2.75, 3.05) is 39.7 Å². The molecule has 0 unspecified atom stereocenters. The molecule has 0 spiro atoms. The number of likely N-dealkylation sites (N-methyl/N-ethyl adjacent to an activating group) is 1.